The highest BCUT2D eigenvalue weighted by atomic mass is 32.2. The normalized spacial score (nSPS) is 11.3. The third-order valence-electron chi connectivity index (χ3n) is 2.53. The van der Waals surface area contributed by atoms with Crippen LogP contribution in [0.4, 0.5) is 0 Å². The number of nitrogens with one attached hydrogen (secondary N) is 1. The topological polar surface area (TPSA) is 29.9 Å². The van der Waals surface area contributed by atoms with Gasteiger partial charge in [0.25, 0.3) is 0 Å². The molecule has 0 unspecified atom stereocenters. The van der Waals surface area contributed by atoms with Crippen LogP contribution in [0.25, 0.3) is 0 Å². The van der Waals surface area contributed by atoms with E-state index in [2.05, 4.69) is 41.8 Å². The highest BCUT2D eigenvalue weighted by Gasteiger charge is 2.02. The minimum atomic E-state index is 0.694. The van der Waals surface area contributed by atoms with E-state index in [-0.39, 0.29) is 0 Å². The van der Waals surface area contributed by atoms with Gasteiger partial charge in [0.05, 0.1) is 6.54 Å². The van der Waals surface area contributed by atoms with Crippen LogP contribution in [-0.4, -0.2) is 27.6 Å². The van der Waals surface area contributed by atoms with Gasteiger partial charge in [-0.1, -0.05) is 20.8 Å². The molecule has 0 fully saturated rings. The molecule has 0 aliphatic heterocycles. The van der Waals surface area contributed by atoms with Crippen molar-refractivity contribution >= 4 is 11.8 Å². The van der Waals surface area contributed by atoms with Crippen molar-refractivity contribution in [1.82, 2.24) is 14.9 Å². The molecule has 0 aromatic carbocycles. The maximum absolute atomic E-state index is 4.41. The Hall–Kier alpha value is -0.480. The molecular formula is C13H25N3S. The Morgan fingerprint density at radius 2 is 2.29 bits per heavy atom. The van der Waals surface area contributed by atoms with E-state index in [4.69, 9.17) is 0 Å². The minimum Gasteiger partial charge on any atom is -0.334 e. The van der Waals surface area contributed by atoms with Crippen LogP contribution in [0.2, 0.25) is 0 Å². The lowest BCUT2D eigenvalue weighted by Crippen LogP contribution is -2.21. The highest BCUT2D eigenvalue weighted by molar-refractivity contribution is 7.99. The molecule has 0 atom stereocenters. The van der Waals surface area contributed by atoms with Crippen LogP contribution in [0.15, 0.2) is 12.4 Å². The van der Waals surface area contributed by atoms with E-state index in [1.807, 2.05) is 18.0 Å². The van der Waals surface area contributed by atoms with Gasteiger partial charge >= 0.3 is 0 Å². The summed E-state index contributed by atoms with van der Waals surface area (Å²) in [4.78, 5) is 4.41. The SMILES string of the molecule is CCSCCCn1ccnc1CNCC(C)C. The number of thioether (sulfide) groups is 1. The van der Waals surface area contributed by atoms with Gasteiger partial charge in [-0.15, -0.1) is 0 Å². The minimum absolute atomic E-state index is 0.694. The summed E-state index contributed by atoms with van der Waals surface area (Å²) in [6.45, 7) is 9.68. The van der Waals surface area contributed by atoms with Crippen molar-refractivity contribution < 1.29 is 0 Å². The van der Waals surface area contributed by atoms with Crippen molar-refractivity contribution in [3.05, 3.63) is 18.2 Å². The molecule has 0 aliphatic rings. The van der Waals surface area contributed by atoms with E-state index in [1.165, 1.54) is 17.9 Å². The van der Waals surface area contributed by atoms with Crippen molar-refractivity contribution in [2.75, 3.05) is 18.1 Å². The molecule has 0 bridgehead atoms. The molecule has 4 heteroatoms. The van der Waals surface area contributed by atoms with E-state index < -0.39 is 0 Å². The van der Waals surface area contributed by atoms with Crippen molar-refractivity contribution in [3.63, 3.8) is 0 Å². The average molecular weight is 255 g/mol. The number of hydrogen-bond donors (Lipinski definition) is 1. The lowest BCUT2D eigenvalue weighted by Gasteiger charge is -2.10. The molecule has 0 spiro atoms. The Morgan fingerprint density at radius 1 is 1.47 bits per heavy atom. The van der Waals surface area contributed by atoms with Gasteiger partial charge in [-0.25, -0.2) is 4.98 Å². The van der Waals surface area contributed by atoms with Gasteiger partial charge in [-0.3, -0.25) is 0 Å². The van der Waals surface area contributed by atoms with Crippen LogP contribution in [0.3, 0.4) is 0 Å². The molecule has 1 rings (SSSR count). The summed E-state index contributed by atoms with van der Waals surface area (Å²) in [5, 5.41) is 3.44. The van der Waals surface area contributed by atoms with Crippen LogP contribution in [0, 0.1) is 5.92 Å². The van der Waals surface area contributed by atoms with E-state index in [0.29, 0.717) is 5.92 Å². The van der Waals surface area contributed by atoms with Crippen LogP contribution in [0.1, 0.15) is 33.0 Å². The lowest BCUT2D eigenvalue weighted by atomic mass is 10.2. The van der Waals surface area contributed by atoms with Crippen molar-refractivity contribution in [2.45, 2.75) is 40.3 Å². The molecule has 3 nitrogen and oxygen atoms in total. The van der Waals surface area contributed by atoms with Crippen LogP contribution < -0.4 is 5.32 Å². The van der Waals surface area contributed by atoms with Gasteiger partial charge < -0.3 is 9.88 Å². The number of hydrogen-bond acceptors (Lipinski definition) is 3. The lowest BCUT2D eigenvalue weighted by molar-refractivity contribution is 0.526. The fourth-order valence-corrected chi connectivity index (χ4v) is 2.29. The zero-order chi connectivity index (χ0) is 12.5. The first-order valence-corrected chi connectivity index (χ1v) is 7.68. The summed E-state index contributed by atoms with van der Waals surface area (Å²) < 4.78 is 2.27. The smallest absolute Gasteiger partial charge is 0.122 e. The maximum Gasteiger partial charge on any atom is 0.122 e. The van der Waals surface area contributed by atoms with Gasteiger partial charge in [-0.05, 0) is 30.4 Å². The number of nitrogens with zero attached hydrogens (tertiary/aromatic N) is 2. The van der Waals surface area contributed by atoms with Crippen molar-refractivity contribution in [2.24, 2.45) is 5.92 Å². The first kappa shape index (κ1) is 14.6. The van der Waals surface area contributed by atoms with Crippen LogP contribution >= 0.6 is 11.8 Å². The molecule has 0 radical (unpaired) electrons. The second-order valence-corrected chi connectivity index (χ2v) is 6.01. The summed E-state index contributed by atoms with van der Waals surface area (Å²) >= 11 is 2.01. The number of aromatic nitrogens is 2. The molecular weight excluding hydrogens is 230 g/mol. The van der Waals surface area contributed by atoms with Gasteiger partial charge in [0.2, 0.25) is 0 Å². The summed E-state index contributed by atoms with van der Waals surface area (Å²) in [7, 11) is 0. The molecule has 1 aromatic rings. The van der Waals surface area contributed by atoms with E-state index in [9.17, 15) is 0 Å². The quantitative estimate of drug-likeness (QED) is 0.688. The van der Waals surface area contributed by atoms with E-state index in [0.717, 1.165) is 25.5 Å². The monoisotopic (exact) mass is 255 g/mol. The van der Waals surface area contributed by atoms with Gasteiger partial charge in [0.1, 0.15) is 5.82 Å². The number of aryl methyl sites for hydroxylation is 1. The Kier molecular flexibility index (Phi) is 7.37. The Labute approximate surface area is 109 Å². The summed E-state index contributed by atoms with van der Waals surface area (Å²) in [6.07, 6.45) is 5.22. The standard InChI is InChI=1S/C13H25N3S/c1-4-17-9-5-7-16-8-6-15-13(16)11-14-10-12(2)3/h6,8,12,14H,4-5,7,9-11H2,1-3H3. The summed E-state index contributed by atoms with van der Waals surface area (Å²) in [5.41, 5.74) is 0. The summed E-state index contributed by atoms with van der Waals surface area (Å²) in [5.74, 6) is 4.31. The molecule has 0 amide bonds. The zero-order valence-electron chi connectivity index (χ0n) is 11.3. The Bertz CT molecular complexity index is 297. The molecule has 0 saturated carbocycles. The molecule has 1 heterocycles. The Morgan fingerprint density at radius 3 is 3.00 bits per heavy atom. The third kappa shape index (κ3) is 6.13. The average Bonchev–Trinajstić information content (AvgIpc) is 2.72. The molecule has 1 N–H and O–H groups in total. The van der Waals surface area contributed by atoms with E-state index in [1.54, 1.807) is 0 Å². The van der Waals surface area contributed by atoms with E-state index >= 15 is 0 Å². The maximum atomic E-state index is 4.41. The second kappa shape index (κ2) is 8.59. The Balaban J connectivity index is 2.27. The molecule has 0 aliphatic carbocycles. The van der Waals surface area contributed by atoms with Crippen LogP contribution in [-0.2, 0) is 13.1 Å². The second-order valence-electron chi connectivity index (χ2n) is 4.61. The number of imidazole rings is 1. The third-order valence-corrected chi connectivity index (χ3v) is 3.51. The predicted octanol–water partition coefficient (Wildman–Crippen LogP) is 2.77. The van der Waals surface area contributed by atoms with Crippen molar-refractivity contribution in [3.8, 4) is 0 Å². The van der Waals surface area contributed by atoms with Crippen molar-refractivity contribution in [1.29, 1.82) is 0 Å². The molecule has 1 aromatic heterocycles. The zero-order valence-corrected chi connectivity index (χ0v) is 12.1. The van der Waals surface area contributed by atoms with Gasteiger partial charge in [0, 0.05) is 18.9 Å². The molecule has 98 valence electrons. The summed E-state index contributed by atoms with van der Waals surface area (Å²) in [6, 6.07) is 0. The largest absolute Gasteiger partial charge is 0.334 e. The fraction of sp³-hybridized carbons (Fsp3) is 0.769. The fourth-order valence-electron chi connectivity index (χ4n) is 1.66. The first-order valence-electron chi connectivity index (χ1n) is 6.52. The molecule has 17 heavy (non-hydrogen) atoms. The first-order chi connectivity index (χ1) is 8.24. The highest BCUT2D eigenvalue weighted by Crippen LogP contribution is 2.05. The number of rotatable bonds is 9. The molecule has 0 saturated heterocycles. The van der Waals surface area contributed by atoms with Crippen LogP contribution in [0.5, 0.6) is 0 Å². The van der Waals surface area contributed by atoms with Gasteiger partial charge in [-0.2, -0.15) is 11.8 Å². The predicted molar refractivity (Wildman–Crippen MR) is 76.4 cm³/mol. The van der Waals surface area contributed by atoms with Gasteiger partial charge in [0.15, 0.2) is 0 Å².